The summed E-state index contributed by atoms with van der Waals surface area (Å²) in [5.41, 5.74) is 1.54. The molecule has 0 saturated carbocycles. The van der Waals surface area contributed by atoms with Crippen LogP contribution < -0.4 is 10.1 Å². The second-order valence-corrected chi connectivity index (χ2v) is 5.92. The van der Waals surface area contributed by atoms with E-state index in [1.165, 1.54) is 0 Å². The summed E-state index contributed by atoms with van der Waals surface area (Å²) in [6.45, 7) is 1.87. The van der Waals surface area contributed by atoms with E-state index in [-0.39, 0.29) is 24.8 Å². The van der Waals surface area contributed by atoms with Crippen LogP contribution >= 0.6 is 48.0 Å². The van der Waals surface area contributed by atoms with Gasteiger partial charge in [-0.25, -0.2) is 10.1 Å². The Morgan fingerprint density at radius 2 is 1.85 bits per heavy atom. The van der Waals surface area contributed by atoms with Gasteiger partial charge in [-0.05, 0) is 17.7 Å². The van der Waals surface area contributed by atoms with Gasteiger partial charge < -0.3 is 10.1 Å². The predicted molar refractivity (Wildman–Crippen MR) is 111 cm³/mol. The summed E-state index contributed by atoms with van der Waals surface area (Å²) in [6.07, 6.45) is 0. The van der Waals surface area contributed by atoms with Gasteiger partial charge >= 0.3 is 0 Å². The van der Waals surface area contributed by atoms with E-state index in [4.69, 9.17) is 32.8 Å². The summed E-state index contributed by atoms with van der Waals surface area (Å²) in [5.74, 6) is 1.10. The fraction of sp³-hybridized carbons (Fsp3) is 0.235. The summed E-state index contributed by atoms with van der Waals surface area (Å²) in [7, 11) is 1.55. The number of nitrogens with zero attached hydrogens (tertiary/aromatic N) is 2. The SMILES string of the molecule is COc1ccc(Cl)c(/N=C2\NCCN2OCc2ccccc2)c1Cl.Cl.Cl. The zero-order chi connectivity index (χ0) is 16.9. The molecular formula is C17H19Cl4N3O2. The number of hydrogen-bond acceptors (Lipinski definition) is 3. The maximum atomic E-state index is 6.31. The van der Waals surface area contributed by atoms with Gasteiger partial charge in [0.2, 0.25) is 5.96 Å². The standard InChI is InChI=1S/C17H17Cl2N3O2.2ClH/c1-23-14-8-7-13(18)16(15(14)19)21-17-20-9-10-22(17)24-11-12-5-3-2-4-6-12;;/h2-8H,9-11H2,1H3,(H,20,21);2*1H. The van der Waals surface area contributed by atoms with Crippen molar-refractivity contribution in [2.75, 3.05) is 20.2 Å². The third-order valence-corrected chi connectivity index (χ3v) is 4.20. The summed E-state index contributed by atoms with van der Waals surface area (Å²) in [6, 6.07) is 13.4. The lowest BCUT2D eigenvalue weighted by atomic mass is 10.2. The number of ether oxygens (including phenoxy) is 1. The first-order valence-electron chi connectivity index (χ1n) is 7.48. The maximum Gasteiger partial charge on any atom is 0.223 e. The molecule has 0 aliphatic carbocycles. The summed E-state index contributed by atoms with van der Waals surface area (Å²) in [5, 5.41) is 5.70. The molecule has 0 atom stereocenters. The van der Waals surface area contributed by atoms with Crippen molar-refractivity contribution >= 4 is 59.7 Å². The number of rotatable bonds is 5. The fourth-order valence-electron chi connectivity index (χ4n) is 2.30. The first kappa shape index (κ1) is 22.7. The van der Waals surface area contributed by atoms with Crippen LogP contribution in [0.2, 0.25) is 10.0 Å². The number of nitrogens with one attached hydrogen (secondary N) is 1. The number of hydrogen-bond donors (Lipinski definition) is 1. The number of hydroxylamine groups is 2. The van der Waals surface area contributed by atoms with Crippen LogP contribution in [-0.4, -0.2) is 31.2 Å². The average Bonchev–Trinajstić information content (AvgIpc) is 3.05. The lowest BCUT2D eigenvalue weighted by molar-refractivity contribution is -0.102. The first-order chi connectivity index (χ1) is 11.7. The highest BCUT2D eigenvalue weighted by molar-refractivity contribution is 6.39. The fourth-order valence-corrected chi connectivity index (χ4v) is 2.83. The predicted octanol–water partition coefficient (Wildman–Crippen LogP) is 4.87. The topological polar surface area (TPSA) is 46.1 Å². The number of benzene rings is 2. The molecule has 0 radical (unpaired) electrons. The Morgan fingerprint density at radius 1 is 1.12 bits per heavy atom. The van der Waals surface area contributed by atoms with Crippen LogP contribution in [0, 0.1) is 0 Å². The molecule has 0 bridgehead atoms. The normalized spacial score (nSPS) is 14.4. The molecule has 2 aromatic rings. The Labute approximate surface area is 175 Å². The highest BCUT2D eigenvalue weighted by Crippen LogP contribution is 2.39. The van der Waals surface area contributed by atoms with Gasteiger partial charge in [0.1, 0.15) is 23.1 Å². The van der Waals surface area contributed by atoms with Gasteiger partial charge in [0.15, 0.2) is 0 Å². The molecule has 2 aromatic carbocycles. The smallest absolute Gasteiger partial charge is 0.223 e. The molecule has 0 spiro atoms. The van der Waals surface area contributed by atoms with Crippen LogP contribution in [0.1, 0.15) is 5.56 Å². The average molecular weight is 439 g/mol. The second kappa shape index (κ2) is 10.7. The third kappa shape index (κ3) is 5.32. The van der Waals surface area contributed by atoms with Gasteiger partial charge in [-0.3, -0.25) is 4.84 Å². The second-order valence-electron chi connectivity index (χ2n) is 5.14. The molecule has 26 heavy (non-hydrogen) atoms. The molecule has 0 amide bonds. The van der Waals surface area contributed by atoms with Crippen LogP contribution in [0.4, 0.5) is 5.69 Å². The molecule has 1 saturated heterocycles. The Balaban J connectivity index is 0.00000169. The van der Waals surface area contributed by atoms with Gasteiger partial charge in [0.25, 0.3) is 0 Å². The Hall–Kier alpha value is -1.37. The minimum Gasteiger partial charge on any atom is -0.495 e. The van der Waals surface area contributed by atoms with Crippen molar-refractivity contribution < 1.29 is 9.57 Å². The van der Waals surface area contributed by atoms with E-state index in [9.17, 15) is 0 Å². The molecule has 1 aliphatic heterocycles. The third-order valence-electron chi connectivity index (χ3n) is 3.53. The van der Waals surface area contributed by atoms with Crippen molar-refractivity contribution in [3.63, 3.8) is 0 Å². The van der Waals surface area contributed by atoms with Crippen LogP contribution in [0.15, 0.2) is 47.5 Å². The monoisotopic (exact) mass is 437 g/mol. The number of methoxy groups -OCH3 is 1. The van der Waals surface area contributed by atoms with E-state index in [1.54, 1.807) is 24.3 Å². The van der Waals surface area contributed by atoms with Crippen molar-refractivity contribution in [2.24, 2.45) is 4.99 Å². The Bertz CT molecular complexity index is 744. The minimum atomic E-state index is 0. The van der Waals surface area contributed by atoms with E-state index in [0.29, 0.717) is 40.6 Å². The highest BCUT2D eigenvalue weighted by atomic mass is 35.5. The van der Waals surface area contributed by atoms with E-state index in [0.717, 1.165) is 12.1 Å². The summed E-state index contributed by atoms with van der Waals surface area (Å²) >= 11 is 12.5. The molecule has 1 aliphatic rings. The van der Waals surface area contributed by atoms with Gasteiger partial charge in [-0.1, -0.05) is 53.5 Å². The number of aliphatic imine (C=N–C) groups is 1. The Morgan fingerprint density at radius 3 is 2.54 bits per heavy atom. The quantitative estimate of drug-likeness (QED) is 0.723. The number of halogens is 4. The van der Waals surface area contributed by atoms with Gasteiger partial charge in [-0.15, -0.1) is 24.8 Å². The molecule has 9 heteroatoms. The zero-order valence-corrected chi connectivity index (χ0v) is 17.1. The van der Waals surface area contributed by atoms with E-state index >= 15 is 0 Å². The lowest BCUT2D eigenvalue weighted by Gasteiger charge is -2.17. The molecule has 3 rings (SSSR count). The van der Waals surface area contributed by atoms with Crippen molar-refractivity contribution in [3.05, 3.63) is 58.1 Å². The summed E-state index contributed by atoms with van der Waals surface area (Å²) in [4.78, 5) is 10.4. The maximum absolute atomic E-state index is 6.31. The van der Waals surface area contributed by atoms with Crippen LogP contribution in [-0.2, 0) is 11.4 Å². The molecule has 1 heterocycles. The molecule has 1 fully saturated rings. The van der Waals surface area contributed by atoms with Gasteiger partial charge in [0, 0.05) is 6.54 Å². The van der Waals surface area contributed by atoms with Gasteiger partial charge in [-0.2, -0.15) is 0 Å². The summed E-state index contributed by atoms with van der Waals surface area (Å²) < 4.78 is 5.21. The van der Waals surface area contributed by atoms with Crippen LogP contribution in [0.3, 0.4) is 0 Å². The zero-order valence-electron chi connectivity index (χ0n) is 13.9. The Kier molecular flexibility index (Phi) is 9.33. The van der Waals surface area contributed by atoms with Crippen molar-refractivity contribution in [1.29, 1.82) is 0 Å². The lowest BCUT2D eigenvalue weighted by Crippen LogP contribution is -2.30. The molecule has 5 nitrogen and oxygen atoms in total. The van der Waals surface area contributed by atoms with Crippen molar-refractivity contribution in [3.8, 4) is 5.75 Å². The van der Waals surface area contributed by atoms with Crippen LogP contribution in [0.5, 0.6) is 5.75 Å². The van der Waals surface area contributed by atoms with E-state index in [2.05, 4.69) is 10.3 Å². The minimum absolute atomic E-state index is 0. The highest BCUT2D eigenvalue weighted by Gasteiger charge is 2.21. The molecule has 1 N–H and O–H groups in total. The van der Waals surface area contributed by atoms with Crippen molar-refractivity contribution in [2.45, 2.75) is 6.61 Å². The largest absolute Gasteiger partial charge is 0.495 e. The van der Waals surface area contributed by atoms with E-state index in [1.807, 2.05) is 30.3 Å². The van der Waals surface area contributed by atoms with E-state index < -0.39 is 0 Å². The molecule has 142 valence electrons. The molecule has 0 unspecified atom stereocenters. The van der Waals surface area contributed by atoms with Crippen molar-refractivity contribution in [1.82, 2.24) is 10.4 Å². The number of guanidine groups is 1. The van der Waals surface area contributed by atoms with Crippen LogP contribution in [0.25, 0.3) is 0 Å². The first-order valence-corrected chi connectivity index (χ1v) is 8.23. The van der Waals surface area contributed by atoms with Gasteiger partial charge in [0.05, 0.1) is 18.7 Å². The molecule has 0 aromatic heterocycles. The molecular weight excluding hydrogens is 420 g/mol.